The number of para-hydroxylation sites is 2. The number of aryl methyl sites for hydroxylation is 2. The Balaban J connectivity index is 1.47. The maximum absolute atomic E-state index is 6.23. The van der Waals surface area contributed by atoms with Gasteiger partial charge in [-0.1, -0.05) is 97.1 Å². The number of hydrogen-bond donors (Lipinski definition) is 0. The van der Waals surface area contributed by atoms with Gasteiger partial charge >= 0.3 is 0 Å². The molecular weight excluding hydrogens is 450 g/mol. The van der Waals surface area contributed by atoms with Crippen molar-refractivity contribution in [3.8, 4) is 11.5 Å². The minimum absolute atomic E-state index is 0.142. The van der Waals surface area contributed by atoms with Crippen LogP contribution in [0.25, 0.3) is 0 Å². The summed E-state index contributed by atoms with van der Waals surface area (Å²) >= 11 is 6.10. The monoisotopic (exact) mass is 475 g/mol. The summed E-state index contributed by atoms with van der Waals surface area (Å²) in [5.41, 5.74) is 4.64. The summed E-state index contributed by atoms with van der Waals surface area (Å²) in [4.78, 5) is 0. The van der Waals surface area contributed by atoms with Crippen LogP contribution >= 0.6 is 12.2 Å². The second-order valence-corrected chi connectivity index (χ2v) is 9.15. The van der Waals surface area contributed by atoms with Crippen LogP contribution < -0.4 is 4.74 Å². The van der Waals surface area contributed by atoms with Gasteiger partial charge in [0.1, 0.15) is 23.4 Å². The van der Waals surface area contributed by atoms with Crippen molar-refractivity contribution in [3.63, 3.8) is 0 Å². The van der Waals surface area contributed by atoms with Crippen LogP contribution in [0, 0.1) is 4.77 Å². The molecule has 0 aliphatic carbocycles. The van der Waals surface area contributed by atoms with E-state index < -0.39 is 0 Å². The van der Waals surface area contributed by atoms with E-state index >= 15 is 0 Å². The number of ether oxygens (including phenoxy) is 1. The summed E-state index contributed by atoms with van der Waals surface area (Å²) in [6, 6.07) is 37.2. The molecule has 5 heteroatoms. The normalized spacial score (nSPS) is 12.6. The molecule has 5 aromatic rings. The highest BCUT2D eigenvalue weighted by Crippen LogP contribution is 2.44. The van der Waals surface area contributed by atoms with Crippen molar-refractivity contribution in [1.82, 2.24) is 14.3 Å². The first-order valence-electron chi connectivity index (χ1n) is 11.9. The Bertz CT molecular complexity index is 1480. The van der Waals surface area contributed by atoms with Crippen molar-refractivity contribution in [3.05, 3.63) is 142 Å². The van der Waals surface area contributed by atoms with Crippen molar-refractivity contribution in [2.75, 3.05) is 0 Å². The Hall–Kier alpha value is -3.96. The molecule has 1 aliphatic rings. The van der Waals surface area contributed by atoms with Crippen LogP contribution in [0.5, 0.6) is 11.5 Å². The fourth-order valence-electron chi connectivity index (χ4n) is 4.78. The van der Waals surface area contributed by atoms with Crippen molar-refractivity contribution >= 4 is 12.2 Å². The Morgan fingerprint density at radius 3 is 1.83 bits per heavy atom. The van der Waals surface area contributed by atoms with Gasteiger partial charge in [0.05, 0.1) is 6.54 Å². The standard InChI is InChI=1S/C30H25N3OS/c35-30-32(21-23-13-5-2-6-14-23)28(20-19-22-11-3-1-4-12-22)31-33(30)29-24-15-7-9-17-26(24)34-27-18-10-8-16-25(27)29/h1-18,29H,19-21H2. The van der Waals surface area contributed by atoms with Gasteiger partial charge in [0.2, 0.25) is 0 Å². The van der Waals surface area contributed by atoms with Gasteiger partial charge in [-0.25, -0.2) is 4.68 Å². The SMILES string of the molecule is S=c1n(C2c3ccccc3Oc3ccccc32)nc(CCc2ccccc2)n1Cc1ccccc1. The maximum Gasteiger partial charge on any atom is 0.199 e. The quantitative estimate of drug-likeness (QED) is 0.243. The smallest absolute Gasteiger partial charge is 0.199 e. The lowest BCUT2D eigenvalue weighted by Gasteiger charge is -2.28. The lowest BCUT2D eigenvalue weighted by molar-refractivity contribution is 0.422. The molecule has 0 amide bonds. The minimum Gasteiger partial charge on any atom is -0.457 e. The van der Waals surface area contributed by atoms with Crippen LogP contribution in [-0.2, 0) is 19.4 Å². The van der Waals surface area contributed by atoms with Gasteiger partial charge in [-0.15, -0.1) is 0 Å². The predicted octanol–water partition coefficient (Wildman–Crippen LogP) is 6.99. The van der Waals surface area contributed by atoms with Crippen molar-refractivity contribution in [1.29, 1.82) is 0 Å². The van der Waals surface area contributed by atoms with E-state index in [1.165, 1.54) is 11.1 Å². The van der Waals surface area contributed by atoms with E-state index in [2.05, 4.69) is 71.3 Å². The number of rotatable bonds is 6. The molecule has 0 radical (unpaired) electrons. The molecule has 4 aromatic carbocycles. The summed E-state index contributed by atoms with van der Waals surface area (Å²) in [5, 5.41) is 5.16. The summed E-state index contributed by atoms with van der Waals surface area (Å²) in [6.45, 7) is 0.691. The van der Waals surface area contributed by atoms with Crippen molar-refractivity contribution in [2.45, 2.75) is 25.4 Å². The summed E-state index contributed by atoms with van der Waals surface area (Å²) in [7, 11) is 0. The van der Waals surface area contributed by atoms with E-state index in [4.69, 9.17) is 22.1 Å². The second-order valence-electron chi connectivity index (χ2n) is 8.78. The van der Waals surface area contributed by atoms with Crippen molar-refractivity contribution < 1.29 is 4.74 Å². The van der Waals surface area contributed by atoms with E-state index in [9.17, 15) is 0 Å². The molecule has 172 valence electrons. The average Bonchev–Trinajstić information content (AvgIpc) is 3.21. The zero-order chi connectivity index (χ0) is 23.6. The fraction of sp³-hybridized carbons (Fsp3) is 0.133. The first-order chi connectivity index (χ1) is 17.3. The maximum atomic E-state index is 6.23. The highest BCUT2D eigenvalue weighted by molar-refractivity contribution is 7.71. The largest absolute Gasteiger partial charge is 0.457 e. The third-order valence-electron chi connectivity index (χ3n) is 6.52. The van der Waals surface area contributed by atoms with Crippen LogP contribution in [0.1, 0.15) is 34.1 Å². The molecule has 4 nitrogen and oxygen atoms in total. The summed E-state index contributed by atoms with van der Waals surface area (Å²) in [6.07, 6.45) is 1.71. The topological polar surface area (TPSA) is 32.0 Å². The molecule has 2 heterocycles. The minimum atomic E-state index is -0.142. The van der Waals surface area contributed by atoms with Crippen molar-refractivity contribution in [2.24, 2.45) is 0 Å². The average molecular weight is 476 g/mol. The molecule has 0 saturated heterocycles. The third kappa shape index (κ3) is 4.19. The molecule has 0 unspecified atom stereocenters. The zero-order valence-electron chi connectivity index (χ0n) is 19.2. The molecule has 0 N–H and O–H groups in total. The van der Waals surface area contributed by atoms with E-state index in [1.807, 2.05) is 47.1 Å². The number of hydrogen-bond acceptors (Lipinski definition) is 3. The molecular formula is C30H25N3OS. The van der Waals surface area contributed by atoms with Gasteiger partial charge in [-0.05, 0) is 41.9 Å². The number of nitrogens with zero attached hydrogens (tertiary/aromatic N) is 3. The zero-order valence-corrected chi connectivity index (χ0v) is 20.1. The third-order valence-corrected chi connectivity index (χ3v) is 6.92. The molecule has 0 saturated carbocycles. The van der Waals surface area contributed by atoms with E-state index in [-0.39, 0.29) is 6.04 Å². The van der Waals surface area contributed by atoms with E-state index in [0.29, 0.717) is 11.3 Å². The Kier molecular flexibility index (Phi) is 5.76. The fourth-order valence-corrected chi connectivity index (χ4v) is 5.10. The molecule has 35 heavy (non-hydrogen) atoms. The van der Waals surface area contributed by atoms with Gasteiger partial charge in [-0.2, -0.15) is 5.10 Å². The number of benzene rings is 4. The Morgan fingerprint density at radius 1 is 0.657 bits per heavy atom. The molecule has 6 rings (SSSR count). The first-order valence-corrected chi connectivity index (χ1v) is 12.3. The molecule has 1 aromatic heterocycles. The highest BCUT2D eigenvalue weighted by atomic mass is 32.1. The van der Waals surface area contributed by atoms with Gasteiger partial charge in [0, 0.05) is 17.5 Å². The van der Waals surface area contributed by atoms with Crippen LogP contribution in [0.3, 0.4) is 0 Å². The van der Waals surface area contributed by atoms with Crippen LogP contribution in [0.4, 0.5) is 0 Å². The molecule has 0 fully saturated rings. The molecule has 0 spiro atoms. The van der Waals surface area contributed by atoms with Crippen LogP contribution in [-0.4, -0.2) is 14.3 Å². The van der Waals surface area contributed by atoms with Gasteiger partial charge in [-0.3, -0.25) is 4.57 Å². The molecule has 0 bridgehead atoms. The highest BCUT2D eigenvalue weighted by Gasteiger charge is 2.30. The lowest BCUT2D eigenvalue weighted by atomic mass is 9.95. The number of fused-ring (bicyclic) bond motifs is 2. The summed E-state index contributed by atoms with van der Waals surface area (Å²) in [5.74, 6) is 2.69. The summed E-state index contributed by atoms with van der Waals surface area (Å²) < 4.78 is 11.1. The Morgan fingerprint density at radius 2 is 1.20 bits per heavy atom. The molecule has 1 aliphatic heterocycles. The number of aromatic nitrogens is 3. The first kappa shape index (κ1) is 21.6. The molecule has 0 atom stereocenters. The lowest BCUT2D eigenvalue weighted by Crippen LogP contribution is -2.19. The van der Waals surface area contributed by atoms with Crippen LogP contribution in [0.2, 0.25) is 0 Å². The second kappa shape index (κ2) is 9.35. The van der Waals surface area contributed by atoms with Gasteiger partial charge < -0.3 is 4.74 Å². The Labute approximate surface area is 210 Å². The van der Waals surface area contributed by atoms with Crippen LogP contribution in [0.15, 0.2) is 109 Å². The van der Waals surface area contributed by atoms with Gasteiger partial charge in [0.25, 0.3) is 0 Å². The predicted molar refractivity (Wildman–Crippen MR) is 141 cm³/mol. The van der Waals surface area contributed by atoms with Gasteiger partial charge in [0.15, 0.2) is 4.77 Å². The van der Waals surface area contributed by atoms with E-state index in [0.717, 1.165) is 41.3 Å². The van der Waals surface area contributed by atoms with E-state index in [1.54, 1.807) is 0 Å².